The van der Waals surface area contributed by atoms with Crippen LogP contribution in [0.15, 0.2) is 34.8 Å². The normalized spacial score (nSPS) is 10.3. The van der Waals surface area contributed by atoms with Gasteiger partial charge in [-0.15, -0.1) is 11.3 Å². The molecule has 0 unspecified atom stereocenters. The van der Waals surface area contributed by atoms with Gasteiger partial charge < -0.3 is 0 Å². The molecule has 0 saturated heterocycles. The number of hydrogen-bond donors (Lipinski definition) is 2. The van der Waals surface area contributed by atoms with E-state index in [4.69, 9.17) is 0 Å². The second kappa shape index (κ2) is 8.21. The summed E-state index contributed by atoms with van der Waals surface area (Å²) in [6.07, 6.45) is 0.130. The van der Waals surface area contributed by atoms with Crippen molar-refractivity contribution in [2.24, 2.45) is 0 Å². The van der Waals surface area contributed by atoms with Gasteiger partial charge in [-0.1, -0.05) is 15.9 Å². The van der Waals surface area contributed by atoms with Crippen molar-refractivity contribution in [3.8, 4) is 0 Å². The molecule has 0 bridgehead atoms. The highest BCUT2D eigenvalue weighted by atomic mass is 79.9. The van der Waals surface area contributed by atoms with Gasteiger partial charge in [0.15, 0.2) is 5.78 Å². The van der Waals surface area contributed by atoms with Gasteiger partial charge in [0.25, 0.3) is 5.91 Å². The number of nitrogens with one attached hydrogen (secondary N) is 2. The average Bonchev–Trinajstić information content (AvgIpc) is 2.89. The smallest absolute Gasteiger partial charge is 0.269 e. The van der Waals surface area contributed by atoms with E-state index >= 15 is 0 Å². The fraction of sp³-hybridized carbons (Fsp3) is 0.235. The zero-order chi connectivity index (χ0) is 17.7. The lowest BCUT2D eigenvalue weighted by atomic mass is 10.1. The number of halogens is 1. The molecule has 5 nitrogen and oxygen atoms in total. The second-order valence-corrected chi connectivity index (χ2v) is 7.64. The first-order chi connectivity index (χ1) is 11.4. The Morgan fingerprint density at radius 2 is 1.71 bits per heavy atom. The van der Waals surface area contributed by atoms with Crippen LogP contribution in [0.4, 0.5) is 0 Å². The van der Waals surface area contributed by atoms with Crippen LogP contribution in [0.3, 0.4) is 0 Å². The van der Waals surface area contributed by atoms with E-state index in [0.717, 1.165) is 14.2 Å². The van der Waals surface area contributed by atoms with Crippen LogP contribution in [0.25, 0.3) is 0 Å². The van der Waals surface area contributed by atoms with E-state index in [-0.39, 0.29) is 18.6 Å². The molecule has 0 atom stereocenters. The van der Waals surface area contributed by atoms with Crippen LogP contribution in [0.2, 0.25) is 0 Å². The highest BCUT2D eigenvalue weighted by Gasteiger charge is 2.14. The highest BCUT2D eigenvalue weighted by Crippen LogP contribution is 2.22. The van der Waals surface area contributed by atoms with Crippen LogP contribution in [0, 0.1) is 13.8 Å². The Labute approximate surface area is 152 Å². The molecular weight excluding hydrogens is 392 g/mol. The molecule has 0 fully saturated rings. The minimum atomic E-state index is -0.411. The molecule has 0 aliphatic carbocycles. The SMILES string of the molecule is Cc1cc(C(=O)CCC(=O)NNC(=O)c2ccc(Br)cc2)c(C)s1. The number of amides is 2. The van der Waals surface area contributed by atoms with Gasteiger partial charge in [0.2, 0.25) is 5.91 Å². The summed E-state index contributed by atoms with van der Waals surface area (Å²) in [5.41, 5.74) is 5.76. The summed E-state index contributed by atoms with van der Waals surface area (Å²) in [5, 5.41) is 0. The third-order valence-corrected chi connectivity index (χ3v) is 4.84. The van der Waals surface area contributed by atoms with Gasteiger partial charge in [-0.3, -0.25) is 25.2 Å². The Morgan fingerprint density at radius 1 is 1.04 bits per heavy atom. The molecule has 0 aliphatic heterocycles. The quantitative estimate of drug-likeness (QED) is 0.586. The van der Waals surface area contributed by atoms with Crippen LogP contribution >= 0.6 is 27.3 Å². The molecular formula is C17H17BrN2O3S. The maximum absolute atomic E-state index is 12.1. The molecule has 1 heterocycles. The van der Waals surface area contributed by atoms with Crippen molar-refractivity contribution >= 4 is 44.9 Å². The topological polar surface area (TPSA) is 75.3 Å². The van der Waals surface area contributed by atoms with Crippen LogP contribution in [-0.2, 0) is 4.79 Å². The third kappa shape index (κ3) is 5.01. The van der Waals surface area contributed by atoms with Crippen LogP contribution in [-0.4, -0.2) is 17.6 Å². The number of benzene rings is 1. The summed E-state index contributed by atoms with van der Waals surface area (Å²) >= 11 is 4.85. The molecule has 1 aromatic carbocycles. The fourth-order valence-corrected chi connectivity index (χ4v) is 3.34. The number of hydrazine groups is 1. The van der Waals surface area contributed by atoms with Crippen molar-refractivity contribution in [1.82, 2.24) is 10.9 Å². The summed E-state index contributed by atoms with van der Waals surface area (Å²) in [7, 11) is 0. The average molecular weight is 409 g/mol. The molecule has 0 saturated carbocycles. The van der Waals surface area contributed by atoms with Crippen LogP contribution < -0.4 is 10.9 Å². The van der Waals surface area contributed by atoms with E-state index in [0.29, 0.717) is 11.1 Å². The molecule has 0 spiro atoms. The monoisotopic (exact) mass is 408 g/mol. The van der Waals surface area contributed by atoms with Gasteiger partial charge >= 0.3 is 0 Å². The van der Waals surface area contributed by atoms with E-state index in [1.807, 2.05) is 19.9 Å². The maximum atomic E-state index is 12.1. The lowest BCUT2D eigenvalue weighted by Gasteiger charge is -2.07. The number of aryl methyl sites for hydroxylation is 2. The molecule has 2 N–H and O–H groups in total. The molecule has 24 heavy (non-hydrogen) atoms. The lowest BCUT2D eigenvalue weighted by Crippen LogP contribution is -2.41. The first-order valence-electron chi connectivity index (χ1n) is 7.32. The second-order valence-electron chi connectivity index (χ2n) is 5.26. The van der Waals surface area contributed by atoms with Gasteiger partial charge in [0, 0.05) is 38.2 Å². The predicted octanol–water partition coefficient (Wildman–Crippen LogP) is 3.55. The zero-order valence-corrected chi connectivity index (χ0v) is 15.7. The molecule has 2 aromatic rings. The number of thiophene rings is 1. The van der Waals surface area contributed by atoms with Crippen molar-refractivity contribution in [2.45, 2.75) is 26.7 Å². The zero-order valence-electron chi connectivity index (χ0n) is 13.3. The van der Waals surface area contributed by atoms with Crippen molar-refractivity contribution in [3.63, 3.8) is 0 Å². The van der Waals surface area contributed by atoms with Gasteiger partial charge in [-0.2, -0.15) is 0 Å². The van der Waals surface area contributed by atoms with Crippen molar-refractivity contribution in [3.05, 3.63) is 55.7 Å². The predicted molar refractivity (Wildman–Crippen MR) is 97.1 cm³/mol. The van der Waals surface area contributed by atoms with Crippen LogP contribution in [0.5, 0.6) is 0 Å². The standard InChI is InChI=1S/C17H17BrN2O3S/c1-10-9-14(11(2)24-10)15(21)7-8-16(22)19-20-17(23)12-3-5-13(18)6-4-12/h3-6,9H,7-8H2,1-2H3,(H,19,22)(H,20,23). The molecule has 1 aromatic heterocycles. The lowest BCUT2D eigenvalue weighted by molar-refractivity contribution is -0.121. The number of carbonyl (C=O) groups is 3. The summed E-state index contributed by atoms with van der Waals surface area (Å²) < 4.78 is 0.862. The van der Waals surface area contributed by atoms with Gasteiger partial charge in [-0.05, 0) is 44.2 Å². The Kier molecular flexibility index (Phi) is 6.28. The Balaban J connectivity index is 1.79. The van der Waals surface area contributed by atoms with E-state index in [1.54, 1.807) is 35.6 Å². The van der Waals surface area contributed by atoms with Crippen molar-refractivity contribution in [2.75, 3.05) is 0 Å². The van der Waals surface area contributed by atoms with Crippen molar-refractivity contribution < 1.29 is 14.4 Å². The van der Waals surface area contributed by atoms with E-state index < -0.39 is 11.8 Å². The number of rotatable bonds is 5. The Bertz CT molecular complexity index is 769. The maximum Gasteiger partial charge on any atom is 0.269 e. The molecule has 7 heteroatoms. The fourth-order valence-electron chi connectivity index (χ4n) is 2.13. The number of carbonyl (C=O) groups excluding carboxylic acids is 3. The Hall–Kier alpha value is -1.99. The van der Waals surface area contributed by atoms with E-state index in [1.165, 1.54) is 0 Å². The summed E-state index contributed by atoms with van der Waals surface area (Å²) in [4.78, 5) is 37.8. The van der Waals surface area contributed by atoms with E-state index in [2.05, 4.69) is 26.8 Å². The number of ketones is 1. The summed E-state index contributed by atoms with van der Waals surface area (Å²) in [5.74, 6) is -0.879. The first-order valence-corrected chi connectivity index (χ1v) is 8.92. The minimum absolute atomic E-state index is 0.0216. The highest BCUT2D eigenvalue weighted by molar-refractivity contribution is 9.10. The molecule has 0 aliphatic rings. The third-order valence-electron chi connectivity index (χ3n) is 3.34. The molecule has 126 valence electrons. The summed E-state index contributed by atoms with van der Waals surface area (Å²) in [6, 6.07) is 8.59. The first kappa shape index (κ1) is 18.4. The van der Waals surface area contributed by atoms with E-state index in [9.17, 15) is 14.4 Å². The van der Waals surface area contributed by atoms with Crippen molar-refractivity contribution in [1.29, 1.82) is 0 Å². The minimum Gasteiger partial charge on any atom is -0.294 e. The van der Waals surface area contributed by atoms with Gasteiger partial charge in [-0.25, -0.2) is 0 Å². The molecule has 2 rings (SSSR count). The van der Waals surface area contributed by atoms with Gasteiger partial charge in [0.05, 0.1) is 0 Å². The number of hydrogen-bond acceptors (Lipinski definition) is 4. The molecule has 0 radical (unpaired) electrons. The number of Topliss-reactive ketones (excluding diaryl/α,β-unsaturated/α-hetero) is 1. The van der Waals surface area contributed by atoms with Gasteiger partial charge in [0.1, 0.15) is 0 Å². The van der Waals surface area contributed by atoms with Crippen LogP contribution in [0.1, 0.15) is 43.3 Å². The summed E-state index contributed by atoms with van der Waals surface area (Å²) in [6.45, 7) is 3.84. The Morgan fingerprint density at radius 3 is 2.29 bits per heavy atom. The largest absolute Gasteiger partial charge is 0.294 e. The molecule has 2 amide bonds.